The zero-order valence-electron chi connectivity index (χ0n) is 16.3. The van der Waals surface area contributed by atoms with Gasteiger partial charge in [-0.2, -0.15) is 0 Å². The van der Waals surface area contributed by atoms with Crippen LogP contribution in [0.1, 0.15) is 71.2 Å². The van der Waals surface area contributed by atoms with Crippen LogP contribution in [-0.2, 0) is 0 Å². The third kappa shape index (κ3) is 4.58. The molecular formula is C23H27N3O2. The summed E-state index contributed by atoms with van der Waals surface area (Å²) in [5, 5.41) is 6.39. The lowest BCUT2D eigenvalue weighted by atomic mass is 10.0. The van der Waals surface area contributed by atoms with Gasteiger partial charge in [0.2, 0.25) is 0 Å². The van der Waals surface area contributed by atoms with Crippen molar-refractivity contribution in [2.45, 2.75) is 57.9 Å². The Bertz CT molecular complexity index is 883. The molecule has 146 valence electrons. The molecule has 0 atom stereocenters. The zero-order valence-corrected chi connectivity index (χ0v) is 16.3. The first-order valence-corrected chi connectivity index (χ1v) is 10.3. The molecule has 2 aliphatic carbocycles. The second-order valence-electron chi connectivity index (χ2n) is 8.11. The third-order valence-corrected chi connectivity index (χ3v) is 5.71. The molecule has 2 aromatic rings. The van der Waals surface area contributed by atoms with Crippen LogP contribution in [-0.4, -0.2) is 22.7 Å². The van der Waals surface area contributed by atoms with Gasteiger partial charge in [-0.25, -0.2) is 4.98 Å². The van der Waals surface area contributed by atoms with E-state index in [2.05, 4.69) is 15.6 Å². The highest BCUT2D eigenvalue weighted by molar-refractivity contribution is 6.06. The molecule has 5 heteroatoms. The Balaban J connectivity index is 1.46. The standard InChI is InChI=1S/C23H27N3O2/c1-15-6-9-17(21(27)12-16-7-8-16)13-20(15)26-23(28)18-10-11-24-22(14-18)25-19-4-2-3-5-19/h6,9-11,13-14,16,19H,2-5,7-8,12H2,1H3,(H,24,25)(H,26,28). The molecule has 2 N–H and O–H groups in total. The minimum Gasteiger partial charge on any atom is -0.367 e. The average Bonchev–Trinajstić information content (AvgIpc) is 3.36. The number of Topliss-reactive ketones (excluding diaryl/α,β-unsaturated/α-hetero) is 1. The van der Waals surface area contributed by atoms with Gasteiger partial charge < -0.3 is 10.6 Å². The number of nitrogens with one attached hydrogen (secondary N) is 2. The first-order valence-electron chi connectivity index (χ1n) is 10.3. The minimum atomic E-state index is -0.188. The molecule has 2 aliphatic rings. The second-order valence-corrected chi connectivity index (χ2v) is 8.11. The van der Waals surface area contributed by atoms with E-state index < -0.39 is 0 Å². The van der Waals surface area contributed by atoms with Gasteiger partial charge in [0.25, 0.3) is 5.91 Å². The second kappa shape index (κ2) is 8.13. The number of anilines is 2. The van der Waals surface area contributed by atoms with Crippen LogP contribution in [0.4, 0.5) is 11.5 Å². The fraction of sp³-hybridized carbons (Fsp3) is 0.435. The lowest BCUT2D eigenvalue weighted by Crippen LogP contribution is -2.17. The summed E-state index contributed by atoms with van der Waals surface area (Å²) in [7, 11) is 0. The van der Waals surface area contributed by atoms with Gasteiger partial charge in [-0.1, -0.05) is 25.0 Å². The Morgan fingerprint density at radius 1 is 1.04 bits per heavy atom. The maximum atomic E-state index is 12.8. The number of aromatic nitrogens is 1. The molecule has 5 nitrogen and oxygen atoms in total. The molecule has 0 bridgehead atoms. The van der Waals surface area contributed by atoms with Crippen molar-refractivity contribution in [3.8, 4) is 0 Å². The monoisotopic (exact) mass is 377 g/mol. The van der Waals surface area contributed by atoms with Crippen molar-refractivity contribution in [2.75, 3.05) is 10.6 Å². The van der Waals surface area contributed by atoms with E-state index in [1.165, 1.54) is 12.8 Å². The summed E-state index contributed by atoms with van der Waals surface area (Å²) in [5.74, 6) is 1.26. The SMILES string of the molecule is Cc1ccc(C(=O)CC2CC2)cc1NC(=O)c1ccnc(NC2CCCC2)c1. The van der Waals surface area contributed by atoms with Gasteiger partial charge >= 0.3 is 0 Å². The van der Waals surface area contributed by atoms with Gasteiger partial charge in [0.05, 0.1) is 0 Å². The van der Waals surface area contributed by atoms with E-state index in [-0.39, 0.29) is 11.7 Å². The first-order chi connectivity index (χ1) is 13.6. The fourth-order valence-corrected chi connectivity index (χ4v) is 3.76. The largest absolute Gasteiger partial charge is 0.367 e. The normalized spacial score (nSPS) is 16.8. The third-order valence-electron chi connectivity index (χ3n) is 5.71. The summed E-state index contributed by atoms with van der Waals surface area (Å²) in [6.07, 6.45) is 9.37. The van der Waals surface area contributed by atoms with Gasteiger partial charge in [-0.3, -0.25) is 9.59 Å². The number of hydrogen-bond donors (Lipinski definition) is 2. The molecule has 1 heterocycles. The molecule has 1 aromatic carbocycles. The molecule has 0 aliphatic heterocycles. The Labute approximate surface area is 165 Å². The van der Waals surface area contributed by atoms with Crippen LogP contribution < -0.4 is 10.6 Å². The maximum Gasteiger partial charge on any atom is 0.255 e. The molecule has 1 aromatic heterocycles. The summed E-state index contributed by atoms with van der Waals surface area (Å²) in [4.78, 5) is 29.5. The van der Waals surface area contributed by atoms with Crippen LogP contribution in [0.5, 0.6) is 0 Å². The number of carbonyl (C=O) groups is 2. The van der Waals surface area contributed by atoms with Crippen molar-refractivity contribution in [1.29, 1.82) is 0 Å². The summed E-state index contributed by atoms with van der Waals surface area (Å²) in [5.41, 5.74) is 2.86. The molecule has 0 spiro atoms. The van der Waals surface area contributed by atoms with E-state index in [1.807, 2.05) is 19.1 Å². The van der Waals surface area contributed by atoms with E-state index in [0.29, 0.717) is 35.2 Å². The average molecular weight is 377 g/mol. The van der Waals surface area contributed by atoms with Crippen molar-refractivity contribution in [1.82, 2.24) is 4.98 Å². The topological polar surface area (TPSA) is 71.1 Å². The van der Waals surface area contributed by atoms with Crippen molar-refractivity contribution >= 4 is 23.2 Å². The lowest BCUT2D eigenvalue weighted by Gasteiger charge is -2.14. The lowest BCUT2D eigenvalue weighted by molar-refractivity contribution is 0.0974. The van der Waals surface area contributed by atoms with Crippen molar-refractivity contribution in [2.24, 2.45) is 5.92 Å². The number of carbonyl (C=O) groups excluding carboxylic acids is 2. The molecule has 2 fully saturated rings. The van der Waals surface area contributed by atoms with Crippen LogP contribution in [0.15, 0.2) is 36.5 Å². The van der Waals surface area contributed by atoms with E-state index in [0.717, 1.165) is 37.1 Å². The molecule has 0 radical (unpaired) electrons. The van der Waals surface area contributed by atoms with E-state index in [1.54, 1.807) is 24.4 Å². The van der Waals surface area contributed by atoms with Crippen molar-refractivity contribution in [3.63, 3.8) is 0 Å². The number of rotatable bonds is 7. The molecule has 1 amide bonds. The van der Waals surface area contributed by atoms with Crippen LogP contribution in [0.3, 0.4) is 0 Å². The van der Waals surface area contributed by atoms with Crippen LogP contribution >= 0.6 is 0 Å². The molecule has 4 rings (SSSR count). The summed E-state index contributed by atoms with van der Waals surface area (Å²) >= 11 is 0. The maximum absolute atomic E-state index is 12.8. The smallest absolute Gasteiger partial charge is 0.255 e. The van der Waals surface area contributed by atoms with Gasteiger partial charge in [0.15, 0.2) is 5.78 Å². The molecule has 0 saturated heterocycles. The van der Waals surface area contributed by atoms with E-state index in [4.69, 9.17) is 0 Å². The van der Waals surface area contributed by atoms with Crippen molar-refractivity contribution in [3.05, 3.63) is 53.2 Å². The van der Waals surface area contributed by atoms with Crippen LogP contribution in [0.25, 0.3) is 0 Å². The molecule has 2 saturated carbocycles. The van der Waals surface area contributed by atoms with Crippen LogP contribution in [0.2, 0.25) is 0 Å². The summed E-state index contributed by atoms with van der Waals surface area (Å²) in [6, 6.07) is 9.51. The Morgan fingerprint density at radius 2 is 1.82 bits per heavy atom. The zero-order chi connectivity index (χ0) is 19.5. The highest BCUT2D eigenvalue weighted by Crippen LogP contribution is 2.34. The highest BCUT2D eigenvalue weighted by atomic mass is 16.1. The van der Waals surface area contributed by atoms with Gasteiger partial charge in [-0.05, 0) is 62.3 Å². The number of nitrogens with zero attached hydrogens (tertiary/aromatic N) is 1. The summed E-state index contributed by atoms with van der Waals surface area (Å²) < 4.78 is 0. The number of amides is 1. The predicted octanol–water partition coefficient (Wildman–Crippen LogP) is 4.98. The van der Waals surface area contributed by atoms with Gasteiger partial charge in [-0.15, -0.1) is 0 Å². The Morgan fingerprint density at radius 3 is 2.57 bits per heavy atom. The van der Waals surface area contributed by atoms with E-state index >= 15 is 0 Å². The highest BCUT2D eigenvalue weighted by Gasteiger charge is 2.25. The van der Waals surface area contributed by atoms with Crippen LogP contribution in [0, 0.1) is 12.8 Å². The predicted molar refractivity (Wildman–Crippen MR) is 111 cm³/mol. The van der Waals surface area contributed by atoms with E-state index in [9.17, 15) is 9.59 Å². The Kier molecular flexibility index (Phi) is 5.42. The quantitative estimate of drug-likeness (QED) is 0.668. The number of pyridine rings is 1. The Hall–Kier alpha value is -2.69. The number of aryl methyl sites for hydroxylation is 1. The fourth-order valence-electron chi connectivity index (χ4n) is 3.76. The molecule has 0 unspecified atom stereocenters. The van der Waals surface area contributed by atoms with Gasteiger partial charge in [0.1, 0.15) is 5.82 Å². The van der Waals surface area contributed by atoms with Crippen molar-refractivity contribution < 1.29 is 9.59 Å². The minimum absolute atomic E-state index is 0.157. The molecule has 28 heavy (non-hydrogen) atoms. The first kappa shape index (κ1) is 18.7. The van der Waals surface area contributed by atoms with Gasteiger partial charge in [0, 0.05) is 35.5 Å². The molecular weight excluding hydrogens is 350 g/mol. The number of ketones is 1. The number of hydrogen-bond acceptors (Lipinski definition) is 4. The summed E-state index contributed by atoms with van der Waals surface area (Å²) in [6.45, 7) is 1.93. The number of benzene rings is 1.